The Hall–Kier alpha value is 0.210. The van der Waals surface area contributed by atoms with E-state index in [0.29, 0.717) is 0 Å². The number of nitrogens with zero attached hydrogens (tertiary/aromatic N) is 1. The summed E-state index contributed by atoms with van der Waals surface area (Å²) in [6, 6.07) is 0. The Labute approximate surface area is 274 Å². The van der Waals surface area contributed by atoms with Crippen LogP contribution in [0.1, 0.15) is 219 Å². The summed E-state index contributed by atoms with van der Waals surface area (Å²) in [7, 11) is 4.69. The van der Waals surface area contributed by atoms with Crippen LogP contribution in [0.5, 0.6) is 0 Å². The van der Waals surface area contributed by atoms with Gasteiger partial charge in [0.05, 0.1) is 27.2 Å². The Balaban J connectivity index is 0. The Morgan fingerprint density at radius 1 is 0.333 bits per heavy atom. The summed E-state index contributed by atoms with van der Waals surface area (Å²) in [6.45, 7) is 7.71. The van der Waals surface area contributed by atoms with Gasteiger partial charge in [-0.15, -0.1) is 0 Å². The Kier molecular flexibility index (Phi) is 39.5. The van der Waals surface area contributed by atoms with Crippen molar-refractivity contribution in [3.05, 3.63) is 0 Å². The minimum Gasteiger partial charge on any atom is -1.00 e. The molecule has 3 heteroatoms. The zero-order valence-corrected chi connectivity index (χ0v) is 30.7. The van der Waals surface area contributed by atoms with Crippen LogP contribution in [0.2, 0.25) is 0 Å². The van der Waals surface area contributed by atoms with Crippen LogP contribution in [0.25, 0.3) is 0 Å². The second-order valence-corrected chi connectivity index (χ2v) is 14.3. The Bertz CT molecular complexity index is 469. The normalized spacial score (nSPS) is 11.7. The van der Waals surface area contributed by atoms with Crippen molar-refractivity contribution in [1.29, 1.82) is 0 Å². The molecule has 0 unspecified atom stereocenters. The van der Waals surface area contributed by atoms with E-state index in [2.05, 4.69) is 27.9 Å². The highest BCUT2D eigenvalue weighted by Crippen LogP contribution is 2.16. The number of unbranched alkanes of at least 4 members (excludes halogenated alkanes) is 30. The lowest BCUT2D eigenvalue weighted by Gasteiger charge is -2.29. The third kappa shape index (κ3) is 38.2. The van der Waals surface area contributed by atoms with Gasteiger partial charge in [-0.25, -0.2) is 0 Å². The van der Waals surface area contributed by atoms with Gasteiger partial charge in [-0.05, 0) is 19.3 Å². The molecule has 256 valence electrons. The number of ether oxygens (including phenoxy) is 1. The van der Waals surface area contributed by atoms with Crippen molar-refractivity contribution in [2.45, 2.75) is 219 Å². The number of halogens is 1. The van der Waals surface area contributed by atoms with Gasteiger partial charge in [0, 0.05) is 0 Å². The topological polar surface area (TPSA) is 9.23 Å². The van der Waals surface area contributed by atoms with Crippen molar-refractivity contribution in [2.75, 3.05) is 34.0 Å². The minimum atomic E-state index is 0. The largest absolute Gasteiger partial charge is 1.00 e. The summed E-state index contributed by atoms with van der Waals surface area (Å²) in [5.41, 5.74) is 0. The van der Waals surface area contributed by atoms with Gasteiger partial charge >= 0.3 is 0 Å². The lowest BCUT2D eigenvalue weighted by molar-refractivity contribution is -0.909. The molecule has 0 aliphatic rings. The highest BCUT2D eigenvalue weighted by Gasteiger charge is 2.14. The molecule has 0 amide bonds. The van der Waals surface area contributed by atoms with Crippen molar-refractivity contribution >= 4 is 0 Å². The fourth-order valence-electron chi connectivity index (χ4n) is 6.22. The van der Waals surface area contributed by atoms with E-state index < -0.39 is 0 Å². The lowest BCUT2D eigenvalue weighted by Crippen LogP contribution is -3.00. The molecular weight excluding hydrogens is 534 g/mol. The average molecular weight is 617 g/mol. The maximum absolute atomic E-state index is 6.07. The van der Waals surface area contributed by atoms with E-state index in [0.717, 1.165) is 17.8 Å². The number of quaternary nitrogens is 1. The molecule has 0 bridgehead atoms. The third-order valence-electron chi connectivity index (χ3n) is 9.20. The predicted octanol–water partition coefficient (Wildman–Crippen LogP) is 10.6. The first-order valence-corrected chi connectivity index (χ1v) is 19.5. The van der Waals surface area contributed by atoms with E-state index >= 15 is 0 Å². The lowest BCUT2D eigenvalue weighted by atomic mass is 10.0. The molecule has 0 aromatic heterocycles. The summed E-state index contributed by atoms with van der Waals surface area (Å²) >= 11 is 0. The minimum absolute atomic E-state index is 0. The van der Waals surface area contributed by atoms with Crippen LogP contribution in [0.4, 0.5) is 0 Å². The fraction of sp³-hybridized carbons (Fsp3) is 1.00. The smallest absolute Gasteiger partial charge is 0.182 e. The van der Waals surface area contributed by atoms with E-state index in [1.807, 2.05) is 0 Å². The molecule has 0 saturated heterocycles. The molecule has 0 aromatic rings. The van der Waals surface area contributed by atoms with Gasteiger partial charge in [-0.2, -0.15) is 0 Å². The first-order valence-electron chi connectivity index (χ1n) is 19.5. The van der Waals surface area contributed by atoms with E-state index in [1.165, 1.54) is 212 Å². The molecule has 0 aromatic carbocycles. The zero-order chi connectivity index (χ0) is 30.0. The van der Waals surface area contributed by atoms with Crippen molar-refractivity contribution in [3.8, 4) is 0 Å². The van der Waals surface area contributed by atoms with Crippen molar-refractivity contribution in [1.82, 2.24) is 0 Å². The molecule has 0 spiro atoms. The van der Waals surface area contributed by atoms with Crippen LogP contribution in [0.3, 0.4) is 0 Å². The van der Waals surface area contributed by atoms with Crippen molar-refractivity contribution in [2.24, 2.45) is 0 Å². The van der Waals surface area contributed by atoms with Gasteiger partial charge in [-0.1, -0.05) is 200 Å². The monoisotopic (exact) mass is 616 g/mol. The SMILES string of the molecule is CCCCCCCCCCCCCCCCCCOC[N+](C)(C)CCCCCCCCCCCCCCCCCC.[Cl-]. The van der Waals surface area contributed by atoms with Gasteiger partial charge in [-0.3, -0.25) is 0 Å². The quantitative estimate of drug-likeness (QED) is 0.0387. The Morgan fingerprint density at radius 3 is 0.857 bits per heavy atom. The van der Waals surface area contributed by atoms with Gasteiger partial charge in [0.25, 0.3) is 0 Å². The summed E-state index contributed by atoms with van der Waals surface area (Å²) in [4.78, 5) is 0. The molecule has 0 N–H and O–H groups in total. The number of hydrogen-bond acceptors (Lipinski definition) is 1. The van der Waals surface area contributed by atoms with E-state index in [1.54, 1.807) is 0 Å². The molecule has 0 atom stereocenters. The van der Waals surface area contributed by atoms with Gasteiger partial charge < -0.3 is 21.6 Å². The highest BCUT2D eigenvalue weighted by molar-refractivity contribution is 4.51. The third-order valence-corrected chi connectivity index (χ3v) is 9.20. The summed E-state index contributed by atoms with van der Waals surface area (Å²) in [5, 5.41) is 0. The van der Waals surface area contributed by atoms with Crippen LogP contribution < -0.4 is 12.4 Å². The molecule has 0 radical (unpaired) electrons. The summed E-state index contributed by atoms with van der Waals surface area (Å²) in [6.07, 6.45) is 46.0. The van der Waals surface area contributed by atoms with Crippen LogP contribution >= 0.6 is 0 Å². The van der Waals surface area contributed by atoms with Crippen LogP contribution in [0.15, 0.2) is 0 Å². The molecule has 0 heterocycles. The molecular formula is C39H82ClNO. The molecule has 0 aliphatic carbocycles. The molecule has 0 rings (SSSR count). The average Bonchev–Trinajstić information content (AvgIpc) is 2.96. The molecule has 0 aliphatic heterocycles. The second-order valence-electron chi connectivity index (χ2n) is 14.3. The standard InChI is InChI=1S/C39H82NO.ClH/c1-5-7-9-11-13-15-17-19-21-23-25-27-29-31-33-35-37-40(3,4)39-41-38-36-34-32-30-28-26-24-22-20-18-16-14-12-10-8-6-2;/h5-39H2,1-4H3;1H/q+1;/p-1. The molecule has 0 saturated carbocycles. The van der Waals surface area contributed by atoms with E-state index in [9.17, 15) is 0 Å². The number of hydrogen-bond donors (Lipinski definition) is 0. The van der Waals surface area contributed by atoms with E-state index in [4.69, 9.17) is 4.74 Å². The molecule has 2 nitrogen and oxygen atoms in total. The maximum atomic E-state index is 6.07. The summed E-state index contributed by atoms with van der Waals surface area (Å²) < 4.78 is 7.09. The summed E-state index contributed by atoms with van der Waals surface area (Å²) in [5.74, 6) is 0. The van der Waals surface area contributed by atoms with Gasteiger partial charge in [0.15, 0.2) is 6.73 Å². The highest BCUT2D eigenvalue weighted by atomic mass is 35.5. The van der Waals surface area contributed by atoms with E-state index in [-0.39, 0.29) is 12.4 Å². The van der Waals surface area contributed by atoms with Gasteiger partial charge in [0.1, 0.15) is 0 Å². The molecule has 42 heavy (non-hydrogen) atoms. The van der Waals surface area contributed by atoms with Crippen molar-refractivity contribution in [3.63, 3.8) is 0 Å². The fourth-order valence-corrected chi connectivity index (χ4v) is 6.22. The number of rotatable bonds is 36. The van der Waals surface area contributed by atoms with Crippen LogP contribution in [0, 0.1) is 0 Å². The molecule has 0 fully saturated rings. The zero-order valence-electron chi connectivity index (χ0n) is 30.0. The van der Waals surface area contributed by atoms with Crippen LogP contribution in [-0.2, 0) is 4.74 Å². The predicted molar refractivity (Wildman–Crippen MR) is 187 cm³/mol. The second kappa shape index (κ2) is 37.4. The van der Waals surface area contributed by atoms with Gasteiger partial charge in [0.2, 0.25) is 0 Å². The van der Waals surface area contributed by atoms with Crippen LogP contribution in [-0.4, -0.2) is 38.5 Å². The maximum Gasteiger partial charge on any atom is 0.182 e. The first kappa shape index (κ1) is 44.3. The van der Waals surface area contributed by atoms with Crippen molar-refractivity contribution < 1.29 is 21.6 Å². The Morgan fingerprint density at radius 2 is 0.571 bits per heavy atom. The first-order chi connectivity index (χ1) is 20.1.